The van der Waals surface area contributed by atoms with Gasteiger partial charge in [0.15, 0.2) is 6.54 Å². The molecule has 2 aliphatic heterocycles. The maximum absolute atomic E-state index is 12.5. The molecule has 160 valence electrons. The van der Waals surface area contributed by atoms with Gasteiger partial charge in [0, 0.05) is 11.3 Å². The Bertz CT molecular complexity index is 831. The van der Waals surface area contributed by atoms with Crippen LogP contribution in [0.3, 0.4) is 0 Å². The number of morpholine rings is 1. The third-order valence-electron chi connectivity index (χ3n) is 5.97. The Morgan fingerprint density at radius 2 is 1.67 bits per heavy atom. The summed E-state index contributed by atoms with van der Waals surface area (Å²) in [5, 5.41) is 3.84. The molecule has 0 unspecified atom stereocenters. The molecular weight excluding hydrogens is 400 g/mol. The van der Waals surface area contributed by atoms with Crippen LogP contribution in [0.25, 0.3) is 0 Å². The smallest absolute Gasteiger partial charge is 0.279 e. The fourth-order valence-corrected chi connectivity index (χ4v) is 4.47. The highest BCUT2D eigenvalue weighted by Gasteiger charge is 2.23. The van der Waals surface area contributed by atoms with Crippen LogP contribution >= 0.6 is 11.6 Å². The third kappa shape index (κ3) is 5.73. The number of carbonyl (C=O) groups excluding carboxylic acids is 1. The number of anilines is 2. The zero-order valence-corrected chi connectivity index (χ0v) is 18.1. The summed E-state index contributed by atoms with van der Waals surface area (Å²) in [6.07, 6.45) is 0. The van der Waals surface area contributed by atoms with E-state index in [0.29, 0.717) is 6.54 Å². The second-order valence-electron chi connectivity index (χ2n) is 8.15. The van der Waals surface area contributed by atoms with Gasteiger partial charge in [-0.15, -0.1) is 0 Å². The Balaban J connectivity index is 1.22. The highest BCUT2D eigenvalue weighted by molar-refractivity contribution is 6.33. The molecule has 0 spiro atoms. The van der Waals surface area contributed by atoms with Crippen LogP contribution in [-0.2, 0) is 16.1 Å². The molecule has 7 heteroatoms. The van der Waals surface area contributed by atoms with Gasteiger partial charge in [0.05, 0.1) is 50.1 Å². The summed E-state index contributed by atoms with van der Waals surface area (Å²) in [5.41, 5.74) is 3.25. The van der Waals surface area contributed by atoms with E-state index in [9.17, 15) is 4.79 Å². The minimum atomic E-state index is 0.0720. The quantitative estimate of drug-likeness (QED) is 0.609. The van der Waals surface area contributed by atoms with E-state index in [1.807, 2.05) is 30.3 Å². The topological polar surface area (TPSA) is 50.5 Å². The van der Waals surface area contributed by atoms with E-state index in [0.717, 1.165) is 75.4 Å². The number of rotatable bonds is 6. The van der Waals surface area contributed by atoms with Crippen molar-refractivity contribution in [1.29, 1.82) is 0 Å². The van der Waals surface area contributed by atoms with Crippen LogP contribution in [0.2, 0.25) is 5.02 Å². The van der Waals surface area contributed by atoms with E-state index in [4.69, 9.17) is 16.3 Å². The molecule has 1 amide bonds. The average molecular weight is 431 g/mol. The van der Waals surface area contributed by atoms with Crippen LogP contribution in [0.5, 0.6) is 0 Å². The number of hydrogen-bond acceptors (Lipinski definition) is 3. The van der Waals surface area contributed by atoms with Crippen LogP contribution in [0.15, 0.2) is 48.5 Å². The Labute approximate surface area is 183 Å². The van der Waals surface area contributed by atoms with Crippen LogP contribution < -0.4 is 20.0 Å². The molecule has 0 saturated carbocycles. The van der Waals surface area contributed by atoms with Gasteiger partial charge in [-0.3, -0.25) is 4.79 Å². The monoisotopic (exact) mass is 430 g/mol. The van der Waals surface area contributed by atoms with Crippen molar-refractivity contribution in [2.24, 2.45) is 0 Å². The van der Waals surface area contributed by atoms with Gasteiger partial charge in [-0.05, 0) is 24.3 Å². The molecule has 0 atom stereocenters. The fourth-order valence-electron chi connectivity index (χ4n) is 4.21. The molecule has 3 N–H and O–H groups in total. The standard InChI is InChI=1S/C23H29ClN4O2/c24-21-3-1-2-4-22(21)28-11-9-26(10-12-28)18-23(29)25-20-7-5-19(6-8-20)17-27-13-15-30-16-14-27/h1-8H,9-18H2,(H,25,29)/p+2. The van der Waals surface area contributed by atoms with Crippen molar-refractivity contribution < 1.29 is 19.3 Å². The number of piperazine rings is 1. The first kappa shape index (κ1) is 21.1. The molecule has 0 bridgehead atoms. The zero-order valence-electron chi connectivity index (χ0n) is 17.3. The summed E-state index contributed by atoms with van der Waals surface area (Å²) in [7, 11) is 0. The molecule has 2 heterocycles. The Morgan fingerprint density at radius 1 is 0.967 bits per heavy atom. The van der Waals surface area contributed by atoms with Crippen molar-refractivity contribution in [3.05, 3.63) is 59.1 Å². The largest absolute Gasteiger partial charge is 0.370 e. The van der Waals surface area contributed by atoms with Crippen LogP contribution in [-0.4, -0.2) is 64.9 Å². The summed E-state index contributed by atoms with van der Waals surface area (Å²) in [4.78, 5) is 17.7. The summed E-state index contributed by atoms with van der Waals surface area (Å²) in [6, 6.07) is 16.2. The van der Waals surface area contributed by atoms with E-state index in [-0.39, 0.29) is 5.91 Å². The van der Waals surface area contributed by atoms with Crippen LogP contribution in [0.4, 0.5) is 11.4 Å². The van der Waals surface area contributed by atoms with Gasteiger partial charge < -0.3 is 24.8 Å². The first-order chi connectivity index (χ1) is 14.7. The zero-order chi connectivity index (χ0) is 20.8. The molecular formula is C23H31ClN4O2+2. The van der Waals surface area contributed by atoms with Gasteiger partial charge in [0.1, 0.15) is 19.6 Å². The summed E-state index contributed by atoms with van der Waals surface area (Å²) in [5.74, 6) is 0.0720. The lowest BCUT2D eigenvalue weighted by Crippen LogP contribution is -3.15. The van der Waals surface area contributed by atoms with Gasteiger partial charge in [0.25, 0.3) is 5.91 Å². The fraction of sp³-hybridized carbons (Fsp3) is 0.435. The molecule has 6 nitrogen and oxygen atoms in total. The Kier molecular flexibility index (Phi) is 7.23. The average Bonchev–Trinajstić information content (AvgIpc) is 2.77. The molecule has 0 radical (unpaired) electrons. The highest BCUT2D eigenvalue weighted by atomic mass is 35.5. The summed E-state index contributed by atoms with van der Waals surface area (Å²) >= 11 is 6.31. The lowest BCUT2D eigenvalue weighted by atomic mass is 10.2. The summed E-state index contributed by atoms with van der Waals surface area (Å²) in [6.45, 7) is 9.00. The number of nitrogens with zero attached hydrogens (tertiary/aromatic N) is 1. The minimum absolute atomic E-state index is 0.0720. The van der Waals surface area contributed by atoms with Gasteiger partial charge in [0.2, 0.25) is 0 Å². The van der Waals surface area contributed by atoms with E-state index >= 15 is 0 Å². The molecule has 2 fully saturated rings. The van der Waals surface area contributed by atoms with Crippen molar-refractivity contribution in [3.63, 3.8) is 0 Å². The summed E-state index contributed by atoms with van der Waals surface area (Å²) < 4.78 is 5.42. The van der Waals surface area contributed by atoms with Crippen molar-refractivity contribution >= 4 is 28.9 Å². The van der Waals surface area contributed by atoms with E-state index in [1.165, 1.54) is 10.5 Å². The molecule has 2 aromatic carbocycles. The number of ether oxygens (including phenoxy) is 1. The Hall–Kier alpha value is -2.12. The van der Waals surface area contributed by atoms with Crippen molar-refractivity contribution in [1.82, 2.24) is 0 Å². The first-order valence-electron chi connectivity index (χ1n) is 10.8. The maximum atomic E-state index is 12.5. The van der Waals surface area contributed by atoms with E-state index in [1.54, 1.807) is 4.90 Å². The van der Waals surface area contributed by atoms with E-state index in [2.05, 4.69) is 28.4 Å². The van der Waals surface area contributed by atoms with Crippen LogP contribution in [0.1, 0.15) is 5.56 Å². The van der Waals surface area contributed by atoms with Gasteiger partial charge in [-0.25, -0.2) is 0 Å². The molecule has 2 aliphatic rings. The van der Waals surface area contributed by atoms with Crippen molar-refractivity contribution in [3.8, 4) is 0 Å². The first-order valence-corrected chi connectivity index (χ1v) is 11.2. The Morgan fingerprint density at radius 3 is 2.37 bits per heavy atom. The number of quaternary nitrogens is 2. The lowest BCUT2D eigenvalue weighted by molar-refractivity contribution is -0.921. The van der Waals surface area contributed by atoms with Gasteiger partial charge in [-0.2, -0.15) is 0 Å². The van der Waals surface area contributed by atoms with Crippen molar-refractivity contribution in [2.75, 3.05) is 69.2 Å². The predicted molar refractivity (Wildman–Crippen MR) is 120 cm³/mol. The minimum Gasteiger partial charge on any atom is -0.370 e. The number of halogens is 1. The van der Waals surface area contributed by atoms with Crippen molar-refractivity contribution in [2.45, 2.75) is 6.54 Å². The number of nitrogens with one attached hydrogen (secondary N) is 3. The predicted octanol–water partition coefficient (Wildman–Crippen LogP) is 0.0987. The molecule has 0 aliphatic carbocycles. The van der Waals surface area contributed by atoms with Gasteiger partial charge >= 0.3 is 0 Å². The third-order valence-corrected chi connectivity index (χ3v) is 6.29. The number of carbonyl (C=O) groups is 1. The SMILES string of the molecule is O=C(C[NH+]1CCN(c2ccccc2Cl)CC1)Nc1ccc(C[NH+]2CCOCC2)cc1. The molecule has 2 saturated heterocycles. The molecule has 0 aromatic heterocycles. The number of amides is 1. The highest BCUT2D eigenvalue weighted by Crippen LogP contribution is 2.24. The number of benzene rings is 2. The normalized spacial score (nSPS) is 18.4. The second kappa shape index (κ2) is 10.3. The van der Waals surface area contributed by atoms with Gasteiger partial charge in [-0.1, -0.05) is 35.9 Å². The maximum Gasteiger partial charge on any atom is 0.279 e. The lowest BCUT2D eigenvalue weighted by Gasteiger charge is -2.33. The van der Waals surface area contributed by atoms with Crippen LogP contribution in [0, 0.1) is 0 Å². The molecule has 2 aromatic rings. The number of hydrogen-bond donors (Lipinski definition) is 3. The van der Waals surface area contributed by atoms with E-state index < -0.39 is 0 Å². The molecule has 4 rings (SSSR count). The number of para-hydroxylation sites is 1. The second-order valence-corrected chi connectivity index (χ2v) is 8.56. The molecule has 30 heavy (non-hydrogen) atoms.